The molecule has 0 unspecified atom stereocenters. The van der Waals surface area contributed by atoms with E-state index in [-0.39, 0.29) is 5.69 Å². The Balaban J connectivity index is 2.04. The van der Waals surface area contributed by atoms with E-state index in [0.29, 0.717) is 6.04 Å². The summed E-state index contributed by atoms with van der Waals surface area (Å²) in [7, 11) is 4.11. The lowest BCUT2D eigenvalue weighted by Gasteiger charge is -2.35. The third-order valence-corrected chi connectivity index (χ3v) is 3.47. The van der Waals surface area contributed by atoms with Crippen LogP contribution in [0.25, 0.3) is 0 Å². The summed E-state index contributed by atoms with van der Waals surface area (Å²) in [6.07, 6.45) is 2.19. The summed E-state index contributed by atoms with van der Waals surface area (Å²) in [6.45, 7) is 2.16. The Labute approximate surface area is 106 Å². The summed E-state index contributed by atoms with van der Waals surface area (Å²) in [5.74, 6) is -0.314. The van der Waals surface area contributed by atoms with Crippen molar-refractivity contribution in [2.24, 2.45) is 0 Å². The number of piperidine rings is 1. The minimum atomic E-state index is -1.05. The van der Waals surface area contributed by atoms with Crippen molar-refractivity contribution in [3.05, 3.63) is 17.8 Å². The number of likely N-dealkylation sites (tertiary alicyclic amines) is 1. The van der Waals surface area contributed by atoms with Crippen LogP contribution in [0.3, 0.4) is 0 Å². The number of carbonyl (C=O) groups is 1. The molecule has 98 valence electrons. The first-order valence-corrected chi connectivity index (χ1v) is 6.06. The molecular weight excluding hydrogens is 232 g/mol. The normalized spacial score (nSPS) is 17.7. The molecule has 0 spiro atoms. The molecule has 1 aliphatic heterocycles. The van der Waals surface area contributed by atoms with Gasteiger partial charge in [0, 0.05) is 13.1 Å². The number of rotatable bonds is 3. The fraction of sp³-hybridized carbons (Fsp3) is 0.583. The molecule has 0 aromatic carbocycles. The highest BCUT2D eigenvalue weighted by atomic mass is 16.4. The van der Waals surface area contributed by atoms with Gasteiger partial charge >= 0.3 is 5.97 Å². The lowest BCUT2D eigenvalue weighted by molar-refractivity contribution is 0.0689. The van der Waals surface area contributed by atoms with Crippen LogP contribution in [0.4, 0.5) is 5.82 Å². The SMILES string of the molecule is CN1CCC(N(C)c2ccc(C(=O)O)nn2)CC1. The van der Waals surface area contributed by atoms with Gasteiger partial charge in [-0.15, -0.1) is 10.2 Å². The van der Waals surface area contributed by atoms with Crippen LogP contribution < -0.4 is 4.90 Å². The number of hydrogen-bond acceptors (Lipinski definition) is 5. The Hall–Kier alpha value is -1.69. The lowest BCUT2D eigenvalue weighted by Crippen LogP contribution is -2.42. The van der Waals surface area contributed by atoms with Crippen LogP contribution >= 0.6 is 0 Å². The molecule has 1 fully saturated rings. The number of nitrogens with zero attached hydrogens (tertiary/aromatic N) is 4. The number of carboxylic acids is 1. The highest BCUT2D eigenvalue weighted by Crippen LogP contribution is 2.19. The van der Waals surface area contributed by atoms with E-state index in [2.05, 4.69) is 27.0 Å². The third-order valence-electron chi connectivity index (χ3n) is 3.47. The minimum Gasteiger partial charge on any atom is -0.476 e. The van der Waals surface area contributed by atoms with Crippen molar-refractivity contribution in [2.75, 3.05) is 32.1 Å². The summed E-state index contributed by atoms with van der Waals surface area (Å²) < 4.78 is 0. The van der Waals surface area contributed by atoms with Gasteiger partial charge in [0.2, 0.25) is 0 Å². The smallest absolute Gasteiger partial charge is 0.356 e. The number of hydrogen-bond donors (Lipinski definition) is 1. The summed E-state index contributed by atoms with van der Waals surface area (Å²) in [5.41, 5.74) is -0.0180. The van der Waals surface area contributed by atoms with Gasteiger partial charge in [-0.05, 0) is 45.1 Å². The quantitative estimate of drug-likeness (QED) is 0.852. The molecule has 0 radical (unpaired) electrons. The molecular formula is C12H18N4O2. The van der Waals surface area contributed by atoms with Gasteiger partial charge in [0.1, 0.15) is 0 Å². The van der Waals surface area contributed by atoms with Crippen molar-refractivity contribution in [1.29, 1.82) is 0 Å². The van der Waals surface area contributed by atoms with Crippen molar-refractivity contribution in [3.63, 3.8) is 0 Å². The van der Waals surface area contributed by atoms with Gasteiger partial charge < -0.3 is 14.9 Å². The van der Waals surface area contributed by atoms with Gasteiger partial charge in [0.25, 0.3) is 0 Å². The molecule has 0 aliphatic carbocycles. The standard InChI is InChI=1S/C12H18N4O2/c1-15-7-5-9(6-8-15)16(2)11-4-3-10(12(17)18)13-14-11/h3-4,9H,5-8H2,1-2H3,(H,17,18). The second-order valence-corrected chi connectivity index (χ2v) is 4.73. The Kier molecular flexibility index (Phi) is 3.76. The third kappa shape index (κ3) is 2.76. The number of anilines is 1. The summed E-state index contributed by atoms with van der Waals surface area (Å²) in [4.78, 5) is 15.1. The molecule has 0 saturated carbocycles. The van der Waals surface area contributed by atoms with Crippen molar-refractivity contribution in [3.8, 4) is 0 Å². The Morgan fingerprint density at radius 3 is 2.56 bits per heavy atom. The van der Waals surface area contributed by atoms with Gasteiger partial charge in [-0.25, -0.2) is 4.79 Å². The van der Waals surface area contributed by atoms with Crippen molar-refractivity contribution in [2.45, 2.75) is 18.9 Å². The molecule has 1 aliphatic rings. The van der Waals surface area contributed by atoms with Crippen LogP contribution in [-0.4, -0.2) is 59.4 Å². The molecule has 0 bridgehead atoms. The van der Waals surface area contributed by atoms with Crippen molar-refractivity contribution < 1.29 is 9.90 Å². The predicted molar refractivity (Wildman–Crippen MR) is 67.9 cm³/mol. The average molecular weight is 250 g/mol. The maximum Gasteiger partial charge on any atom is 0.356 e. The van der Waals surface area contributed by atoms with Gasteiger partial charge in [0.05, 0.1) is 0 Å². The fourth-order valence-electron chi connectivity index (χ4n) is 2.20. The van der Waals surface area contributed by atoms with E-state index < -0.39 is 5.97 Å². The second-order valence-electron chi connectivity index (χ2n) is 4.73. The van der Waals surface area contributed by atoms with E-state index >= 15 is 0 Å². The molecule has 6 nitrogen and oxygen atoms in total. The Morgan fingerprint density at radius 2 is 2.06 bits per heavy atom. The Morgan fingerprint density at radius 1 is 1.39 bits per heavy atom. The number of aromatic nitrogens is 2. The number of carboxylic acid groups (broad SMARTS) is 1. The summed E-state index contributed by atoms with van der Waals surface area (Å²) in [5, 5.41) is 16.5. The first-order valence-electron chi connectivity index (χ1n) is 6.06. The molecule has 1 aromatic heterocycles. The molecule has 6 heteroatoms. The van der Waals surface area contributed by atoms with Crippen LogP contribution in [0.5, 0.6) is 0 Å². The highest BCUT2D eigenvalue weighted by Gasteiger charge is 2.21. The Bertz CT molecular complexity index is 413. The fourth-order valence-corrected chi connectivity index (χ4v) is 2.20. The predicted octanol–water partition coefficient (Wildman–Crippen LogP) is 0.705. The highest BCUT2D eigenvalue weighted by molar-refractivity contribution is 5.85. The topological polar surface area (TPSA) is 69.6 Å². The summed E-state index contributed by atoms with van der Waals surface area (Å²) >= 11 is 0. The average Bonchev–Trinajstić information content (AvgIpc) is 2.39. The van der Waals surface area contributed by atoms with E-state index in [4.69, 9.17) is 5.11 Å². The van der Waals surface area contributed by atoms with Crippen LogP contribution in [-0.2, 0) is 0 Å². The minimum absolute atomic E-state index is 0.0180. The summed E-state index contributed by atoms with van der Waals surface area (Å²) in [6, 6.07) is 3.66. The zero-order valence-electron chi connectivity index (χ0n) is 10.7. The molecule has 0 atom stereocenters. The van der Waals surface area contributed by atoms with Gasteiger partial charge in [-0.3, -0.25) is 0 Å². The van der Waals surface area contributed by atoms with Gasteiger partial charge in [0.15, 0.2) is 11.5 Å². The van der Waals surface area contributed by atoms with Crippen LogP contribution in [0.1, 0.15) is 23.3 Å². The van der Waals surface area contributed by atoms with E-state index in [1.165, 1.54) is 6.07 Å². The monoisotopic (exact) mass is 250 g/mol. The van der Waals surface area contributed by atoms with Gasteiger partial charge in [-0.1, -0.05) is 0 Å². The van der Waals surface area contributed by atoms with Crippen LogP contribution in [0.15, 0.2) is 12.1 Å². The molecule has 1 saturated heterocycles. The first kappa shape index (κ1) is 12.8. The van der Waals surface area contributed by atoms with E-state index in [9.17, 15) is 4.79 Å². The molecule has 18 heavy (non-hydrogen) atoms. The van der Waals surface area contributed by atoms with E-state index in [1.807, 2.05) is 7.05 Å². The number of aromatic carboxylic acids is 1. The zero-order chi connectivity index (χ0) is 13.1. The van der Waals surface area contributed by atoms with Crippen molar-refractivity contribution in [1.82, 2.24) is 15.1 Å². The lowest BCUT2D eigenvalue weighted by atomic mass is 10.0. The molecule has 2 heterocycles. The molecule has 0 amide bonds. The van der Waals surface area contributed by atoms with Crippen LogP contribution in [0.2, 0.25) is 0 Å². The zero-order valence-corrected chi connectivity index (χ0v) is 10.7. The van der Waals surface area contributed by atoms with E-state index in [1.54, 1.807) is 6.07 Å². The second kappa shape index (κ2) is 5.30. The molecule has 2 rings (SSSR count). The maximum atomic E-state index is 10.7. The first-order chi connectivity index (χ1) is 8.58. The largest absolute Gasteiger partial charge is 0.476 e. The van der Waals surface area contributed by atoms with Crippen LogP contribution in [0, 0.1) is 0 Å². The molecule has 1 aromatic rings. The van der Waals surface area contributed by atoms with E-state index in [0.717, 1.165) is 31.7 Å². The maximum absolute atomic E-state index is 10.7. The van der Waals surface area contributed by atoms with Crippen molar-refractivity contribution >= 4 is 11.8 Å². The molecule has 1 N–H and O–H groups in total. The van der Waals surface area contributed by atoms with Gasteiger partial charge in [-0.2, -0.15) is 0 Å².